The summed E-state index contributed by atoms with van der Waals surface area (Å²) in [6, 6.07) is -0.257. The number of halogens is 2. The van der Waals surface area contributed by atoms with E-state index < -0.39 is 0 Å². The lowest BCUT2D eigenvalue weighted by atomic mass is 10.3. The number of carbonyl (C=O) groups excluding carboxylic acids is 1. The second kappa shape index (κ2) is 10.2. The molecule has 23 heavy (non-hydrogen) atoms. The number of hydrogen-bond acceptors (Lipinski definition) is 5. The number of aromatic nitrogens is 4. The molecule has 2 atom stereocenters. The summed E-state index contributed by atoms with van der Waals surface area (Å²) in [6.07, 6.45) is 7.19. The van der Waals surface area contributed by atoms with Crippen molar-refractivity contribution in [1.82, 2.24) is 19.6 Å². The summed E-state index contributed by atoms with van der Waals surface area (Å²) in [4.78, 5) is 11.3. The number of aliphatic hydroxyl groups excluding tert-OH is 1. The van der Waals surface area contributed by atoms with E-state index in [4.69, 9.17) is 9.84 Å². The molecular formula is C14H20I2N4O3. The molecule has 1 N–H and O–H groups in total. The van der Waals surface area contributed by atoms with Crippen LogP contribution in [-0.2, 0) is 9.53 Å². The standard InChI is InChI=1S/C8H11IN2O2.C6H9IN2O/c1-3-13-8(12)6(2)11-5-7(9)4-10-11;1-5(4-10)9-3-6(7)2-8-9/h4-6H,3H2,1-2H3;2-3,5,10H,4H2,1H3. The zero-order chi connectivity index (χ0) is 17.4. The van der Waals surface area contributed by atoms with Gasteiger partial charge in [0.1, 0.15) is 6.04 Å². The number of esters is 1. The summed E-state index contributed by atoms with van der Waals surface area (Å²) < 4.78 is 10.3. The molecule has 128 valence electrons. The van der Waals surface area contributed by atoms with Crippen molar-refractivity contribution in [3.63, 3.8) is 0 Å². The van der Waals surface area contributed by atoms with Crippen LogP contribution in [0.4, 0.5) is 0 Å². The van der Waals surface area contributed by atoms with Gasteiger partial charge in [0.2, 0.25) is 0 Å². The number of nitrogens with zero attached hydrogens (tertiary/aromatic N) is 4. The normalized spacial score (nSPS) is 13.0. The minimum absolute atomic E-state index is 0.0866. The average Bonchev–Trinajstić information content (AvgIpc) is 3.15. The van der Waals surface area contributed by atoms with Crippen LogP contribution in [0.25, 0.3) is 0 Å². The Labute approximate surface area is 162 Å². The quantitative estimate of drug-likeness (QED) is 0.461. The van der Waals surface area contributed by atoms with Gasteiger partial charge in [-0.3, -0.25) is 9.36 Å². The number of aliphatic hydroxyl groups is 1. The van der Waals surface area contributed by atoms with E-state index in [1.807, 2.05) is 19.3 Å². The first-order valence-corrected chi connectivity index (χ1v) is 9.21. The van der Waals surface area contributed by atoms with Crippen LogP contribution in [0.1, 0.15) is 32.9 Å². The molecule has 0 saturated heterocycles. The van der Waals surface area contributed by atoms with Crippen molar-refractivity contribution >= 4 is 51.2 Å². The van der Waals surface area contributed by atoms with Crippen LogP contribution in [-0.4, -0.2) is 43.9 Å². The molecule has 2 heterocycles. The van der Waals surface area contributed by atoms with Gasteiger partial charge in [-0.2, -0.15) is 10.2 Å². The van der Waals surface area contributed by atoms with Crippen molar-refractivity contribution < 1.29 is 14.6 Å². The van der Waals surface area contributed by atoms with Crippen LogP contribution >= 0.6 is 45.2 Å². The smallest absolute Gasteiger partial charge is 0.330 e. The molecule has 0 fully saturated rings. The maximum atomic E-state index is 11.3. The SMILES string of the molecule is CC(CO)n1cc(I)cn1.CCOC(=O)C(C)n1cc(I)cn1. The van der Waals surface area contributed by atoms with Gasteiger partial charge in [-0.05, 0) is 66.0 Å². The summed E-state index contributed by atoms with van der Waals surface area (Å²) in [5.74, 6) is -0.248. The van der Waals surface area contributed by atoms with Crippen LogP contribution in [0.2, 0.25) is 0 Å². The second-order valence-electron chi connectivity index (χ2n) is 4.74. The monoisotopic (exact) mass is 546 g/mol. The molecule has 0 aliphatic rings. The van der Waals surface area contributed by atoms with Crippen molar-refractivity contribution in [2.75, 3.05) is 13.2 Å². The lowest BCUT2D eigenvalue weighted by Crippen LogP contribution is -2.19. The van der Waals surface area contributed by atoms with Crippen LogP contribution in [0.5, 0.6) is 0 Å². The van der Waals surface area contributed by atoms with Gasteiger partial charge >= 0.3 is 5.97 Å². The second-order valence-corrected chi connectivity index (χ2v) is 7.23. The molecule has 2 unspecified atom stereocenters. The minimum atomic E-state index is -0.344. The Balaban J connectivity index is 0.000000238. The number of rotatable bonds is 5. The Bertz CT molecular complexity index is 615. The van der Waals surface area contributed by atoms with Gasteiger partial charge in [0, 0.05) is 12.4 Å². The molecule has 0 spiro atoms. The molecular weight excluding hydrogens is 526 g/mol. The van der Waals surface area contributed by atoms with E-state index in [2.05, 4.69) is 55.4 Å². The van der Waals surface area contributed by atoms with Crippen LogP contribution < -0.4 is 0 Å². The third kappa shape index (κ3) is 6.75. The summed E-state index contributed by atoms with van der Waals surface area (Å²) >= 11 is 4.33. The first kappa shape index (κ1) is 20.4. The first-order chi connectivity index (χ1) is 10.9. The third-order valence-electron chi connectivity index (χ3n) is 2.88. The summed E-state index contributed by atoms with van der Waals surface area (Å²) in [7, 11) is 0. The van der Waals surface area contributed by atoms with E-state index in [0.29, 0.717) is 6.61 Å². The zero-order valence-corrected chi connectivity index (χ0v) is 17.5. The van der Waals surface area contributed by atoms with Gasteiger partial charge in [-0.25, -0.2) is 4.79 Å². The Kier molecular flexibility index (Phi) is 9.06. The van der Waals surface area contributed by atoms with Crippen molar-refractivity contribution in [3.8, 4) is 0 Å². The zero-order valence-electron chi connectivity index (χ0n) is 13.2. The molecule has 0 amide bonds. The van der Waals surface area contributed by atoms with Gasteiger partial charge in [-0.15, -0.1) is 0 Å². The molecule has 2 aromatic rings. The minimum Gasteiger partial charge on any atom is -0.464 e. The van der Waals surface area contributed by atoms with Gasteiger partial charge < -0.3 is 9.84 Å². The van der Waals surface area contributed by atoms with Gasteiger partial charge in [0.25, 0.3) is 0 Å². The topological polar surface area (TPSA) is 82.2 Å². The van der Waals surface area contributed by atoms with E-state index in [1.54, 1.807) is 35.6 Å². The van der Waals surface area contributed by atoms with E-state index in [-0.39, 0.29) is 24.7 Å². The fourth-order valence-corrected chi connectivity index (χ4v) is 2.36. The van der Waals surface area contributed by atoms with Crippen molar-refractivity contribution in [1.29, 1.82) is 0 Å². The Morgan fingerprint density at radius 1 is 1.22 bits per heavy atom. The molecule has 0 radical (unpaired) electrons. The Morgan fingerprint density at radius 3 is 2.13 bits per heavy atom. The van der Waals surface area contributed by atoms with E-state index >= 15 is 0 Å². The summed E-state index contributed by atoms with van der Waals surface area (Å²) in [5, 5.41) is 16.8. The van der Waals surface area contributed by atoms with E-state index in [1.165, 1.54) is 0 Å². The molecule has 2 aromatic heterocycles. The third-order valence-corrected chi connectivity index (χ3v) is 3.99. The summed E-state index contributed by atoms with van der Waals surface area (Å²) in [5.41, 5.74) is 0. The van der Waals surface area contributed by atoms with Gasteiger partial charge in [-0.1, -0.05) is 0 Å². The largest absolute Gasteiger partial charge is 0.464 e. The fourth-order valence-electron chi connectivity index (χ4n) is 1.54. The highest BCUT2D eigenvalue weighted by molar-refractivity contribution is 14.1. The molecule has 0 aliphatic heterocycles. The lowest BCUT2D eigenvalue weighted by molar-refractivity contribution is -0.146. The molecule has 0 saturated carbocycles. The van der Waals surface area contributed by atoms with Gasteiger partial charge in [0.05, 0.1) is 38.8 Å². The van der Waals surface area contributed by atoms with E-state index in [0.717, 1.165) is 7.14 Å². The predicted octanol–water partition coefficient (Wildman–Crippen LogP) is 2.65. The number of hydrogen-bond donors (Lipinski definition) is 1. The Hall–Kier alpha value is -0.690. The van der Waals surface area contributed by atoms with Crippen molar-refractivity contribution in [3.05, 3.63) is 31.9 Å². The number of carbonyl (C=O) groups is 1. The highest BCUT2D eigenvalue weighted by atomic mass is 127. The summed E-state index contributed by atoms with van der Waals surface area (Å²) in [6.45, 7) is 6.01. The van der Waals surface area contributed by atoms with Crippen molar-refractivity contribution in [2.24, 2.45) is 0 Å². The first-order valence-electron chi connectivity index (χ1n) is 7.05. The lowest BCUT2D eigenvalue weighted by Gasteiger charge is -2.09. The molecule has 7 nitrogen and oxygen atoms in total. The highest BCUT2D eigenvalue weighted by Gasteiger charge is 2.16. The molecule has 0 aliphatic carbocycles. The predicted molar refractivity (Wildman–Crippen MR) is 103 cm³/mol. The molecule has 9 heteroatoms. The molecule has 2 rings (SSSR count). The van der Waals surface area contributed by atoms with E-state index in [9.17, 15) is 4.79 Å². The number of ether oxygens (including phenoxy) is 1. The van der Waals surface area contributed by atoms with Crippen LogP contribution in [0, 0.1) is 7.14 Å². The average molecular weight is 546 g/mol. The highest BCUT2D eigenvalue weighted by Crippen LogP contribution is 2.09. The maximum Gasteiger partial charge on any atom is 0.330 e. The van der Waals surface area contributed by atoms with Gasteiger partial charge in [0.15, 0.2) is 0 Å². The maximum absolute atomic E-state index is 11.3. The molecule has 0 aromatic carbocycles. The van der Waals surface area contributed by atoms with Crippen molar-refractivity contribution in [2.45, 2.75) is 32.9 Å². The fraction of sp³-hybridized carbons (Fsp3) is 0.500. The molecule has 0 bridgehead atoms. The van der Waals surface area contributed by atoms with Crippen LogP contribution in [0.3, 0.4) is 0 Å². The Morgan fingerprint density at radius 2 is 1.74 bits per heavy atom. The van der Waals surface area contributed by atoms with Crippen LogP contribution in [0.15, 0.2) is 24.8 Å².